The second-order valence-electron chi connectivity index (χ2n) is 12.2. The van der Waals surface area contributed by atoms with E-state index in [-0.39, 0.29) is 98.4 Å². The number of carbonyl (C=O) groups is 6. The van der Waals surface area contributed by atoms with E-state index < -0.39 is 59.4 Å². The molecule has 4 rings (SSSR count). The Morgan fingerprint density at radius 3 is 1.05 bits per heavy atom. The van der Waals surface area contributed by atoms with Crippen molar-refractivity contribution < 1.29 is 92.5 Å². The van der Waals surface area contributed by atoms with Gasteiger partial charge in [0.05, 0.1) is 13.1 Å². The molecule has 2 amide bonds. The van der Waals surface area contributed by atoms with E-state index in [1.54, 1.807) is 13.8 Å². The topological polar surface area (TPSA) is 355 Å². The Labute approximate surface area is 371 Å². The zero-order valence-corrected chi connectivity index (χ0v) is 36.4. The molecule has 4 heterocycles. The molecule has 0 atom stereocenters. The lowest BCUT2D eigenvalue weighted by atomic mass is 10.3. The monoisotopic (exact) mass is 938 g/mol. The molecule has 4 aromatic heterocycles. The van der Waals surface area contributed by atoms with Gasteiger partial charge in [-0.25, -0.2) is 47.9 Å². The normalized spacial score (nSPS) is 9.79. The van der Waals surface area contributed by atoms with Gasteiger partial charge in [0, 0.05) is 23.3 Å². The number of esters is 4. The van der Waals surface area contributed by atoms with Gasteiger partial charge in [-0.2, -0.15) is 0 Å². The van der Waals surface area contributed by atoms with Crippen molar-refractivity contribution in [2.24, 2.45) is 0 Å². The fourth-order valence-electron chi connectivity index (χ4n) is 3.62. The Morgan fingerprint density at radius 2 is 0.742 bits per heavy atom. The minimum Gasteiger partial charge on any atom is -0.461 e. The third kappa shape index (κ3) is 22.5. The maximum absolute atomic E-state index is 11.3. The number of ether oxygens (including phenoxy) is 6. The predicted octanol–water partition coefficient (Wildman–Crippen LogP) is 3.31. The van der Waals surface area contributed by atoms with E-state index in [1.165, 1.54) is 27.7 Å². The van der Waals surface area contributed by atoms with Gasteiger partial charge in [-0.3, -0.25) is 0 Å². The quantitative estimate of drug-likeness (QED) is 0.0625. The van der Waals surface area contributed by atoms with Gasteiger partial charge in [-0.05, 0) is 41.5 Å². The molecular weight excluding hydrogens is 892 g/mol. The van der Waals surface area contributed by atoms with E-state index in [0.717, 1.165) is 12.2 Å². The summed E-state index contributed by atoms with van der Waals surface area (Å²) in [5, 5.41) is 4.69. The summed E-state index contributed by atoms with van der Waals surface area (Å²) in [6.07, 6.45) is 0.563. The van der Waals surface area contributed by atoms with E-state index in [2.05, 4.69) is 81.8 Å². The van der Waals surface area contributed by atoms with Crippen molar-refractivity contribution >= 4 is 36.1 Å². The summed E-state index contributed by atoms with van der Waals surface area (Å²) < 4.78 is 65.0. The first-order valence-corrected chi connectivity index (χ1v) is 18.5. The number of aryl methyl sites for hydroxylation is 4. The van der Waals surface area contributed by atoms with E-state index in [9.17, 15) is 47.9 Å². The van der Waals surface area contributed by atoms with Crippen LogP contribution in [0.25, 0.3) is 0 Å². The van der Waals surface area contributed by atoms with Crippen LogP contribution in [0.15, 0.2) is 104 Å². The molecule has 66 heavy (non-hydrogen) atoms. The Kier molecular flexibility index (Phi) is 24.3. The average molecular weight is 939 g/mol. The molecule has 0 radical (unpaired) electrons. The summed E-state index contributed by atoms with van der Waals surface area (Å²) in [5.74, 6) is -3.73. The molecule has 4 aromatic rings. The number of amides is 2. The third-order valence-corrected chi connectivity index (χ3v) is 6.94. The Balaban J connectivity index is 0.000000447. The number of carbonyl (C=O) groups excluding carboxylic acids is 6. The Bertz CT molecular complexity index is 2540. The first-order valence-electron chi connectivity index (χ1n) is 18.5. The molecule has 0 aliphatic rings. The molecule has 26 heteroatoms. The van der Waals surface area contributed by atoms with E-state index in [4.69, 9.17) is 18.9 Å². The lowest BCUT2D eigenvalue weighted by Gasteiger charge is -2.06. The fraction of sp³-hybridized carbons (Fsp3) is 0.350. The van der Waals surface area contributed by atoms with Crippen molar-refractivity contribution in [1.29, 1.82) is 0 Å². The van der Waals surface area contributed by atoms with E-state index in [0.29, 0.717) is 11.5 Å². The van der Waals surface area contributed by atoms with Gasteiger partial charge in [-0.1, -0.05) is 26.3 Å². The zero-order chi connectivity index (χ0) is 49.9. The van der Waals surface area contributed by atoms with Crippen LogP contribution in [0, 0.1) is 27.7 Å². The van der Waals surface area contributed by atoms with Crippen LogP contribution in [-0.4, -0.2) is 62.4 Å². The molecule has 0 saturated carbocycles. The summed E-state index contributed by atoms with van der Waals surface area (Å²) in [7, 11) is 0. The SMILES string of the molecule is C=C(C)C(=O)OCCNC(=O)OCc1oc(=O)oc1C.C=C(C)C(=O)OCc1oc(=O)oc1C.C=CC(=O)OCCNC(=O)OCc1oc(=O)oc1C.C=CC(=O)OCc1oc(=O)oc1C. The molecule has 0 saturated heterocycles. The molecule has 0 aliphatic carbocycles. The number of alkyl carbamates (subject to hydrolysis) is 2. The zero-order valence-electron chi connectivity index (χ0n) is 36.4. The van der Waals surface area contributed by atoms with Crippen molar-refractivity contribution in [3.63, 3.8) is 0 Å². The third-order valence-electron chi connectivity index (χ3n) is 6.94. The maximum atomic E-state index is 11.3. The highest BCUT2D eigenvalue weighted by atomic mass is 16.6. The molecule has 0 aromatic carbocycles. The van der Waals surface area contributed by atoms with Gasteiger partial charge in [0.15, 0.2) is 72.5 Å². The van der Waals surface area contributed by atoms with Crippen molar-refractivity contribution in [2.45, 2.75) is 68.0 Å². The minimum atomic E-state index is -0.854. The van der Waals surface area contributed by atoms with Crippen molar-refractivity contribution in [2.75, 3.05) is 26.3 Å². The number of hydrogen-bond donors (Lipinski definition) is 2. The summed E-state index contributed by atoms with van der Waals surface area (Å²) in [6, 6.07) is 0. The summed E-state index contributed by atoms with van der Waals surface area (Å²) in [4.78, 5) is 108. The van der Waals surface area contributed by atoms with Crippen LogP contribution in [0.3, 0.4) is 0 Å². The number of rotatable bonds is 18. The first-order chi connectivity index (χ1) is 31.1. The second kappa shape index (κ2) is 28.9. The largest absolute Gasteiger partial charge is 0.519 e. The van der Waals surface area contributed by atoms with Crippen LogP contribution >= 0.6 is 0 Å². The molecule has 0 spiro atoms. The number of hydrogen-bond acceptors (Lipinski definition) is 24. The molecular formula is C40H46N2O24. The molecule has 360 valence electrons. The van der Waals surface area contributed by atoms with Gasteiger partial charge in [0.1, 0.15) is 13.2 Å². The molecule has 26 nitrogen and oxygen atoms in total. The number of nitrogens with one attached hydrogen (secondary N) is 2. The first kappa shape index (κ1) is 55.4. The van der Waals surface area contributed by atoms with Gasteiger partial charge in [0.25, 0.3) is 0 Å². The van der Waals surface area contributed by atoms with Crippen LogP contribution < -0.4 is 33.9 Å². The average Bonchev–Trinajstić information content (AvgIpc) is 3.99. The molecule has 0 aliphatic heterocycles. The lowest BCUT2D eigenvalue weighted by molar-refractivity contribution is -0.141. The fourth-order valence-corrected chi connectivity index (χ4v) is 3.62. The van der Waals surface area contributed by atoms with E-state index >= 15 is 0 Å². The highest BCUT2D eigenvalue weighted by Crippen LogP contribution is 2.09. The van der Waals surface area contributed by atoms with E-state index in [1.807, 2.05) is 0 Å². The van der Waals surface area contributed by atoms with Gasteiger partial charge in [0.2, 0.25) is 0 Å². The predicted molar refractivity (Wildman–Crippen MR) is 216 cm³/mol. The van der Waals surface area contributed by atoms with Crippen LogP contribution in [0.5, 0.6) is 0 Å². The minimum absolute atomic E-state index is 0.000224. The van der Waals surface area contributed by atoms with Crippen LogP contribution in [0.1, 0.15) is 59.9 Å². The maximum Gasteiger partial charge on any atom is 0.519 e. The summed E-state index contributed by atoms with van der Waals surface area (Å²) in [6.45, 7) is 21.9. The van der Waals surface area contributed by atoms with Crippen molar-refractivity contribution in [3.05, 3.63) is 138 Å². The van der Waals surface area contributed by atoms with Gasteiger partial charge < -0.3 is 74.4 Å². The highest BCUT2D eigenvalue weighted by molar-refractivity contribution is 5.87. The molecule has 0 fully saturated rings. The van der Waals surface area contributed by atoms with Crippen molar-refractivity contribution in [3.8, 4) is 0 Å². The molecule has 2 N–H and O–H groups in total. The molecule has 0 unspecified atom stereocenters. The van der Waals surface area contributed by atoms with Crippen LogP contribution in [-0.2, 0) is 74.0 Å². The van der Waals surface area contributed by atoms with Gasteiger partial charge >= 0.3 is 59.4 Å². The second-order valence-corrected chi connectivity index (χ2v) is 12.2. The Morgan fingerprint density at radius 1 is 0.455 bits per heavy atom. The lowest BCUT2D eigenvalue weighted by Crippen LogP contribution is -2.28. The smallest absolute Gasteiger partial charge is 0.461 e. The summed E-state index contributed by atoms with van der Waals surface area (Å²) in [5.41, 5.74) is 0.562. The van der Waals surface area contributed by atoms with Gasteiger partial charge in [-0.15, -0.1) is 0 Å². The highest BCUT2D eigenvalue weighted by Gasteiger charge is 2.14. The standard InChI is InChI=1S/C12H15NO7.C11H13NO7.C9H10O5.C8H8O5/c1-7(2)10(14)17-5-4-13-11(15)18-6-9-8(3)19-12(16)20-9;1-3-9(13)16-5-4-12-10(14)17-6-8-7(2)18-11(15)19-8;1-5(2)8(10)12-4-7-6(3)13-9(11)14-7;1-3-7(9)11-4-6-5(2)12-8(10)13-6/h1,4-6H2,2-3H3,(H,13,15);3H,1,4-6H2,2H3,(H,12,14);1,4H2,2-3H3;3H,1,4H2,2H3. The van der Waals surface area contributed by atoms with Crippen LogP contribution in [0.2, 0.25) is 0 Å². The Hall–Kier alpha value is -8.58. The van der Waals surface area contributed by atoms with Crippen molar-refractivity contribution in [1.82, 2.24) is 10.6 Å². The molecule has 0 bridgehead atoms. The van der Waals surface area contributed by atoms with Crippen LogP contribution in [0.4, 0.5) is 9.59 Å². The summed E-state index contributed by atoms with van der Waals surface area (Å²) >= 11 is 0.